The van der Waals surface area contributed by atoms with Crippen LogP contribution in [-0.2, 0) is 0 Å². The molecule has 0 aliphatic carbocycles. The van der Waals surface area contributed by atoms with Gasteiger partial charge >= 0.3 is 5.69 Å². The molecule has 0 unspecified atom stereocenters. The van der Waals surface area contributed by atoms with Gasteiger partial charge in [0.1, 0.15) is 5.69 Å². The minimum atomic E-state index is -0.413. The van der Waals surface area contributed by atoms with E-state index in [-0.39, 0.29) is 5.69 Å². The molecule has 6 heteroatoms. The van der Waals surface area contributed by atoms with Crippen molar-refractivity contribution in [2.24, 2.45) is 0 Å². The van der Waals surface area contributed by atoms with Crippen molar-refractivity contribution >= 4 is 11.4 Å². The standard InChI is InChI=1S/C13H21N3O3/c1-4-19-12-7-5-6-11(13(12)16(17)18)15-9-8-14-10(2)3/h5-7,10,14-15H,4,8-9H2,1-3H3. The first kappa shape index (κ1) is 15.2. The summed E-state index contributed by atoms with van der Waals surface area (Å²) in [6.07, 6.45) is 0. The summed E-state index contributed by atoms with van der Waals surface area (Å²) in [7, 11) is 0. The molecular weight excluding hydrogens is 246 g/mol. The highest BCUT2D eigenvalue weighted by molar-refractivity contribution is 5.68. The highest BCUT2D eigenvalue weighted by atomic mass is 16.6. The van der Waals surface area contributed by atoms with E-state index in [9.17, 15) is 10.1 Å². The average molecular weight is 267 g/mol. The second kappa shape index (κ2) is 7.58. The third-order valence-corrected chi connectivity index (χ3v) is 2.47. The maximum atomic E-state index is 11.1. The lowest BCUT2D eigenvalue weighted by Gasteiger charge is -2.12. The van der Waals surface area contributed by atoms with Crippen LogP contribution in [0.2, 0.25) is 0 Å². The zero-order valence-electron chi connectivity index (χ0n) is 11.6. The average Bonchev–Trinajstić information content (AvgIpc) is 2.34. The van der Waals surface area contributed by atoms with E-state index < -0.39 is 4.92 Å². The lowest BCUT2D eigenvalue weighted by Crippen LogP contribution is -2.28. The Labute approximate surface area is 113 Å². The summed E-state index contributed by atoms with van der Waals surface area (Å²) in [4.78, 5) is 10.7. The number of hydrogen-bond acceptors (Lipinski definition) is 5. The van der Waals surface area contributed by atoms with Crippen molar-refractivity contribution in [2.75, 3.05) is 25.0 Å². The first-order valence-corrected chi connectivity index (χ1v) is 6.43. The van der Waals surface area contributed by atoms with Gasteiger partial charge in [-0.05, 0) is 19.1 Å². The summed E-state index contributed by atoms with van der Waals surface area (Å²) in [6, 6.07) is 5.44. The van der Waals surface area contributed by atoms with Crippen molar-refractivity contribution in [3.05, 3.63) is 28.3 Å². The molecule has 1 aromatic carbocycles. The van der Waals surface area contributed by atoms with Crippen LogP contribution in [0.4, 0.5) is 11.4 Å². The smallest absolute Gasteiger partial charge is 0.333 e. The number of nitro groups is 1. The second-order valence-corrected chi connectivity index (χ2v) is 4.38. The third kappa shape index (κ3) is 4.75. The zero-order valence-corrected chi connectivity index (χ0v) is 11.6. The third-order valence-electron chi connectivity index (χ3n) is 2.47. The van der Waals surface area contributed by atoms with Crippen molar-refractivity contribution < 1.29 is 9.66 Å². The van der Waals surface area contributed by atoms with Crippen LogP contribution in [0, 0.1) is 10.1 Å². The van der Waals surface area contributed by atoms with E-state index in [4.69, 9.17) is 4.74 Å². The number of rotatable bonds is 8. The summed E-state index contributed by atoms with van der Waals surface area (Å²) in [5.41, 5.74) is 0.482. The highest BCUT2D eigenvalue weighted by Gasteiger charge is 2.20. The number of para-hydroxylation sites is 1. The van der Waals surface area contributed by atoms with Crippen LogP contribution in [0.25, 0.3) is 0 Å². The molecule has 0 atom stereocenters. The maximum absolute atomic E-state index is 11.1. The van der Waals surface area contributed by atoms with Crippen molar-refractivity contribution in [3.8, 4) is 5.75 Å². The molecule has 1 aromatic rings. The second-order valence-electron chi connectivity index (χ2n) is 4.38. The number of nitrogens with zero attached hydrogens (tertiary/aromatic N) is 1. The molecule has 0 aromatic heterocycles. The quantitative estimate of drug-likeness (QED) is 0.429. The van der Waals surface area contributed by atoms with Gasteiger partial charge in [0.15, 0.2) is 5.75 Å². The van der Waals surface area contributed by atoms with Crippen LogP contribution in [0.5, 0.6) is 5.75 Å². The Hall–Kier alpha value is -1.82. The normalized spacial score (nSPS) is 10.5. The first-order valence-electron chi connectivity index (χ1n) is 6.43. The summed E-state index contributed by atoms with van der Waals surface area (Å²) in [6.45, 7) is 7.67. The van der Waals surface area contributed by atoms with Crippen molar-refractivity contribution in [1.82, 2.24) is 5.32 Å². The Kier molecular flexibility index (Phi) is 6.08. The van der Waals surface area contributed by atoms with Gasteiger partial charge in [-0.2, -0.15) is 0 Å². The molecule has 0 heterocycles. The Morgan fingerprint density at radius 3 is 2.68 bits per heavy atom. The number of nitrogens with one attached hydrogen (secondary N) is 2. The minimum absolute atomic E-state index is 0.00565. The van der Waals surface area contributed by atoms with Gasteiger partial charge in [-0.1, -0.05) is 19.9 Å². The van der Waals surface area contributed by atoms with E-state index in [0.29, 0.717) is 30.6 Å². The molecule has 0 aliphatic heterocycles. The number of benzene rings is 1. The number of nitro benzene ring substituents is 1. The van der Waals surface area contributed by atoms with Crippen LogP contribution in [-0.4, -0.2) is 30.7 Å². The predicted molar refractivity (Wildman–Crippen MR) is 75.9 cm³/mol. The van der Waals surface area contributed by atoms with Crippen molar-refractivity contribution in [1.29, 1.82) is 0 Å². The fourth-order valence-corrected chi connectivity index (χ4v) is 1.68. The fourth-order valence-electron chi connectivity index (χ4n) is 1.68. The lowest BCUT2D eigenvalue weighted by molar-refractivity contribution is -0.384. The molecule has 19 heavy (non-hydrogen) atoms. The Morgan fingerprint density at radius 2 is 2.11 bits per heavy atom. The lowest BCUT2D eigenvalue weighted by atomic mass is 10.2. The molecule has 0 bridgehead atoms. The van der Waals surface area contributed by atoms with Gasteiger partial charge in [-0.3, -0.25) is 10.1 Å². The number of anilines is 1. The van der Waals surface area contributed by atoms with Crippen LogP contribution >= 0.6 is 0 Å². The molecule has 106 valence electrons. The summed E-state index contributed by atoms with van der Waals surface area (Å²) in [5, 5.41) is 17.4. The van der Waals surface area contributed by atoms with Crippen LogP contribution in [0.1, 0.15) is 20.8 Å². The molecule has 6 nitrogen and oxygen atoms in total. The molecular formula is C13H21N3O3. The molecule has 0 saturated heterocycles. The van der Waals surface area contributed by atoms with E-state index in [1.54, 1.807) is 25.1 Å². The van der Waals surface area contributed by atoms with E-state index in [0.717, 1.165) is 6.54 Å². The largest absolute Gasteiger partial charge is 0.487 e. The molecule has 2 N–H and O–H groups in total. The highest BCUT2D eigenvalue weighted by Crippen LogP contribution is 2.34. The SMILES string of the molecule is CCOc1cccc(NCCNC(C)C)c1[N+](=O)[O-]. The summed E-state index contributed by atoms with van der Waals surface area (Å²) in [5.74, 6) is 0.300. The Balaban J connectivity index is 2.76. The summed E-state index contributed by atoms with van der Waals surface area (Å²) >= 11 is 0. The first-order chi connectivity index (χ1) is 9.06. The predicted octanol–water partition coefficient (Wildman–Crippen LogP) is 2.40. The molecule has 1 rings (SSSR count). The van der Waals surface area contributed by atoms with Gasteiger partial charge in [0.2, 0.25) is 0 Å². The van der Waals surface area contributed by atoms with Crippen LogP contribution in [0.15, 0.2) is 18.2 Å². The monoisotopic (exact) mass is 267 g/mol. The van der Waals surface area contributed by atoms with Gasteiger partial charge in [0, 0.05) is 19.1 Å². The molecule has 0 spiro atoms. The molecule has 0 fully saturated rings. The zero-order chi connectivity index (χ0) is 14.3. The van der Waals surface area contributed by atoms with Crippen molar-refractivity contribution in [2.45, 2.75) is 26.8 Å². The number of hydrogen-bond donors (Lipinski definition) is 2. The topological polar surface area (TPSA) is 76.4 Å². The molecule has 0 aliphatic rings. The maximum Gasteiger partial charge on any atom is 0.333 e. The summed E-state index contributed by atoms with van der Waals surface area (Å²) < 4.78 is 5.29. The van der Waals surface area contributed by atoms with Crippen LogP contribution in [0.3, 0.4) is 0 Å². The van der Waals surface area contributed by atoms with Gasteiger partial charge in [-0.25, -0.2) is 0 Å². The Morgan fingerprint density at radius 1 is 1.37 bits per heavy atom. The van der Waals surface area contributed by atoms with Gasteiger partial charge in [0.05, 0.1) is 11.5 Å². The van der Waals surface area contributed by atoms with E-state index in [1.807, 2.05) is 0 Å². The van der Waals surface area contributed by atoms with Gasteiger partial charge in [-0.15, -0.1) is 0 Å². The molecule has 0 amide bonds. The van der Waals surface area contributed by atoms with E-state index >= 15 is 0 Å². The van der Waals surface area contributed by atoms with E-state index in [1.165, 1.54) is 0 Å². The van der Waals surface area contributed by atoms with Crippen LogP contribution < -0.4 is 15.4 Å². The minimum Gasteiger partial charge on any atom is -0.487 e. The Bertz CT molecular complexity index is 422. The van der Waals surface area contributed by atoms with E-state index in [2.05, 4.69) is 24.5 Å². The van der Waals surface area contributed by atoms with Gasteiger partial charge in [0.25, 0.3) is 0 Å². The molecule has 0 radical (unpaired) electrons. The van der Waals surface area contributed by atoms with Gasteiger partial charge < -0.3 is 15.4 Å². The fraction of sp³-hybridized carbons (Fsp3) is 0.538. The number of ether oxygens (including phenoxy) is 1. The van der Waals surface area contributed by atoms with Crippen molar-refractivity contribution in [3.63, 3.8) is 0 Å². The molecule has 0 saturated carbocycles.